The lowest BCUT2D eigenvalue weighted by Crippen LogP contribution is -2.61. The fourth-order valence-corrected chi connectivity index (χ4v) is 7.19. The predicted molar refractivity (Wildman–Crippen MR) is 174 cm³/mol. The SMILES string of the molecule is CC1(C)c2ccccc2N(c2ccccc2)[C@@]12C=C(c1ccccc1)C=C(c1ccccc1)[C@H]2C(=O)c1ccccc1. The van der Waals surface area contributed by atoms with Crippen LogP contribution < -0.4 is 4.90 Å². The van der Waals surface area contributed by atoms with Gasteiger partial charge in [0.25, 0.3) is 0 Å². The number of carbonyl (C=O) groups is 1. The first-order chi connectivity index (χ1) is 20.5. The fraction of sp³-hybridized carbons (Fsp3) is 0.125. The van der Waals surface area contributed by atoms with E-state index in [2.05, 4.69) is 140 Å². The Bertz CT molecular complexity index is 1800. The van der Waals surface area contributed by atoms with Crippen LogP contribution in [0.5, 0.6) is 0 Å². The van der Waals surface area contributed by atoms with Gasteiger partial charge in [-0.1, -0.05) is 141 Å². The average Bonchev–Trinajstić information content (AvgIpc) is 3.24. The summed E-state index contributed by atoms with van der Waals surface area (Å²) < 4.78 is 0. The van der Waals surface area contributed by atoms with Crippen molar-refractivity contribution in [2.24, 2.45) is 5.92 Å². The van der Waals surface area contributed by atoms with E-state index < -0.39 is 16.9 Å². The molecule has 1 heterocycles. The summed E-state index contributed by atoms with van der Waals surface area (Å²) in [5, 5.41) is 0. The minimum Gasteiger partial charge on any atom is -0.330 e. The van der Waals surface area contributed by atoms with Crippen LogP contribution in [0.1, 0.15) is 40.9 Å². The van der Waals surface area contributed by atoms with Crippen molar-refractivity contribution in [1.82, 2.24) is 0 Å². The molecule has 1 aliphatic heterocycles. The van der Waals surface area contributed by atoms with E-state index >= 15 is 4.79 Å². The van der Waals surface area contributed by atoms with E-state index in [4.69, 9.17) is 0 Å². The second-order valence-corrected chi connectivity index (χ2v) is 11.7. The largest absolute Gasteiger partial charge is 0.330 e. The fourth-order valence-electron chi connectivity index (χ4n) is 7.19. The molecule has 0 saturated heterocycles. The Morgan fingerprint density at radius 1 is 0.619 bits per heavy atom. The number of Topliss-reactive ketones (excluding diaryl/α,β-unsaturated/α-hetero) is 1. The summed E-state index contributed by atoms with van der Waals surface area (Å²) in [5.41, 5.74) is 7.32. The molecule has 204 valence electrons. The molecule has 0 amide bonds. The average molecular weight is 544 g/mol. The van der Waals surface area contributed by atoms with Crippen molar-refractivity contribution in [3.63, 3.8) is 0 Å². The van der Waals surface area contributed by atoms with E-state index in [1.165, 1.54) is 5.56 Å². The third-order valence-corrected chi connectivity index (χ3v) is 9.18. The summed E-state index contributed by atoms with van der Waals surface area (Å²) in [6.45, 7) is 4.63. The first kappa shape index (κ1) is 26.0. The Morgan fingerprint density at radius 2 is 1.14 bits per heavy atom. The number of para-hydroxylation sites is 2. The van der Waals surface area contributed by atoms with Crippen molar-refractivity contribution in [2.45, 2.75) is 24.8 Å². The number of benzene rings is 5. The van der Waals surface area contributed by atoms with Gasteiger partial charge in [0.1, 0.15) is 0 Å². The van der Waals surface area contributed by atoms with Crippen LogP contribution in [0.25, 0.3) is 11.1 Å². The molecule has 0 fully saturated rings. The Labute approximate surface area is 248 Å². The minimum absolute atomic E-state index is 0.121. The first-order valence-electron chi connectivity index (χ1n) is 14.6. The Morgan fingerprint density at radius 3 is 1.79 bits per heavy atom. The minimum atomic E-state index is -0.754. The predicted octanol–water partition coefficient (Wildman–Crippen LogP) is 9.53. The molecule has 2 atom stereocenters. The maximum atomic E-state index is 15.1. The zero-order valence-corrected chi connectivity index (χ0v) is 23.9. The van der Waals surface area contributed by atoms with Crippen LogP contribution in [0.15, 0.2) is 158 Å². The van der Waals surface area contributed by atoms with Crippen molar-refractivity contribution in [1.29, 1.82) is 0 Å². The molecule has 1 aliphatic carbocycles. The highest BCUT2D eigenvalue weighted by molar-refractivity contribution is 6.10. The van der Waals surface area contributed by atoms with Gasteiger partial charge < -0.3 is 4.90 Å². The van der Waals surface area contributed by atoms with Crippen LogP contribution in [0.2, 0.25) is 0 Å². The van der Waals surface area contributed by atoms with E-state index in [9.17, 15) is 0 Å². The molecule has 0 saturated carbocycles. The maximum absolute atomic E-state index is 15.1. The smallest absolute Gasteiger partial charge is 0.173 e. The normalized spacial score (nSPS) is 20.5. The summed E-state index contributed by atoms with van der Waals surface area (Å²) in [5.74, 6) is -0.367. The number of rotatable bonds is 5. The van der Waals surface area contributed by atoms with Gasteiger partial charge in [-0.3, -0.25) is 4.79 Å². The van der Waals surface area contributed by atoms with Gasteiger partial charge in [0.05, 0.1) is 11.5 Å². The van der Waals surface area contributed by atoms with Gasteiger partial charge in [0.15, 0.2) is 5.78 Å². The van der Waals surface area contributed by atoms with Gasteiger partial charge in [0.2, 0.25) is 0 Å². The lowest BCUT2D eigenvalue weighted by Gasteiger charge is -2.53. The van der Waals surface area contributed by atoms with Gasteiger partial charge in [-0.25, -0.2) is 0 Å². The highest BCUT2D eigenvalue weighted by Gasteiger charge is 2.63. The molecule has 7 rings (SSSR count). The molecule has 5 aromatic carbocycles. The van der Waals surface area contributed by atoms with E-state index in [-0.39, 0.29) is 5.78 Å². The zero-order valence-electron chi connectivity index (χ0n) is 23.9. The first-order valence-corrected chi connectivity index (χ1v) is 14.6. The second-order valence-electron chi connectivity index (χ2n) is 11.7. The van der Waals surface area contributed by atoms with E-state index in [1.807, 2.05) is 36.4 Å². The summed E-state index contributed by atoms with van der Waals surface area (Å²) >= 11 is 0. The number of nitrogens with zero attached hydrogens (tertiary/aromatic N) is 1. The van der Waals surface area contributed by atoms with Crippen LogP contribution in [0.3, 0.4) is 0 Å². The Balaban J connectivity index is 1.61. The summed E-state index contributed by atoms with van der Waals surface area (Å²) in [6, 6.07) is 50.1. The maximum Gasteiger partial charge on any atom is 0.173 e. The molecule has 0 radical (unpaired) electrons. The molecule has 0 bridgehead atoms. The number of anilines is 2. The summed E-state index contributed by atoms with van der Waals surface area (Å²) in [6.07, 6.45) is 4.65. The van der Waals surface area contributed by atoms with Crippen molar-refractivity contribution in [2.75, 3.05) is 4.90 Å². The zero-order chi connectivity index (χ0) is 28.7. The standard InChI is InChI=1S/C40H33NO/c1-39(2)35-25-15-16-26-36(35)41(33-23-13-6-14-24-33)40(39)28-32(29-17-7-3-8-18-29)27-34(30-19-9-4-10-20-30)37(40)38(42)31-21-11-5-12-22-31/h3-28,37H,1-2H3/t37-,40+/m0/s1. The number of fused-ring (bicyclic) bond motifs is 1. The summed E-state index contributed by atoms with van der Waals surface area (Å²) in [4.78, 5) is 17.6. The van der Waals surface area contributed by atoms with Crippen molar-refractivity contribution >= 4 is 28.3 Å². The molecule has 2 heteroatoms. The highest BCUT2D eigenvalue weighted by atomic mass is 16.1. The van der Waals surface area contributed by atoms with Crippen LogP contribution in [-0.2, 0) is 5.41 Å². The monoisotopic (exact) mass is 543 g/mol. The van der Waals surface area contributed by atoms with E-state index in [0.717, 1.165) is 39.2 Å². The van der Waals surface area contributed by atoms with Crippen LogP contribution in [0, 0.1) is 5.92 Å². The van der Waals surface area contributed by atoms with Gasteiger partial charge in [-0.05, 0) is 58.2 Å². The van der Waals surface area contributed by atoms with Crippen LogP contribution >= 0.6 is 0 Å². The molecule has 42 heavy (non-hydrogen) atoms. The van der Waals surface area contributed by atoms with Crippen molar-refractivity contribution in [3.05, 3.63) is 180 Å². The number of allylic oxidation sites excluding steroid dienone is 2. The lowest BCUT2D eigenvalue weighted by molar-refractivity contribution is 0.0888. The number of hydrogen-bond acceptors (Lipinski definition) is 2. The van der Waals surface area contributed by atoms with E-state index in [0.29, 0.717) is 0 Å². The lowest BCUT2D eigenvalue weighted by atomic mass is 9.57. The van der Waals surface area contributed by atoms with Gasteiger partial charge in [-0.15, -0.1) is 0 Å². The molecular formula is C40H33NO. The number of ketones is 1. The quantitative estimate of drug-likeness (QED) is 0.206. The number of carbonyl (C=O) groups excluding carboxylic acids is 1. The molecule has 0 aromatic heterocycles. The van der Waals surface area contributed by atoms with Crippen molar-refractivity contribution < 1.29 is 4.79 Å². The number of hydrogen-bond donors (Lipinski definition) is 0. The van der Waals surface area contributed by atoms with Gasteiger partial charge in [-0.2, -0.15) is 0 Å². The van der Waals surface area contributed by atoms with E-state index in [1.54, 1.807) is 0 Å². The molecule has 1 spiro atoms. The molecular weight excluding hydrogens is 510 g/mol. The Kier molecular flexibility index (Phi) is 6.28. The van der Waals surface area contributed by atoms with Crippen LogP contribution in [-0.4, -0.2) is 11.3 Å². The Hall–Kier alpha value is -4.95. The topological polar surface area (TPSA) is 20.3 Å². The van der Waals surface area contributed by atoms with Crippen LogP contribution in [0.4, 0.5) is 11.4 Å². The molecule has 2 nitrogen and oxygen atoms in total. The van der Waals surface area contributed by atoms with Gasteiger partial charge in [0, 0.05) is 22.4 Å². The third-order valence-electron chi connectivity index (χ3n) is 9.18. The molecule has 5 aromatic rings. The third kappa shape index (κ3) is 3.90. The molecule has 2 aliphatic rings. The summed E-state index contributed by atoms with van der Waals surface area (Å²) in [7, 11) is 0. The molecule has 0 unspecified atom stereocenters. The van der Waals surface area contributed by atoms with Gasteiger partial charge >= 0.3 is 0 Å². The van der Waals surface area contributed by atoms with Crippen molar-refractivity contribution in [3.8, 4) is 0 Å². The molecule has 0 N–H and O–H groups in total. The highest BCUT2D eigenvalue weighted by Crippen LogP contribution is 2.63. The second kappa shape index (κ2) is 10.2.